The van der Waals surface area contributed by atoms with Crippen molar-refractivity contribution < 1.29 is 0 Å². The molecule has 0 unspecified atom stereocenters. The SMILES string of the molecule is CCSc1c(N)n[nH]c1CC. The second-order valence-corrected chi connectivity index (χ2v) is 3.48. The number of anilines is 1. The van der Waals surface area contributed by atoms with E-state index in [0.29, 0.717) is 5.82 Å². The van der Waals surface area contributed by atoms with Crippen LogP contribution in [-0.4, -0.2) is 16.0 Å². The summed E-state index contributed by atoms with van der Waals surface area (Å²) in [5.74, 6) is 1.67. The van der Waals surface area contributed by atoms with Crippen LogP contribution in [-0.2, 0) is 6.42 Å². The van der Waals surface area contributed by atoms with Gasteiger partial charge in [-0.2, -0.15) is 5.10 Å². The number of nitrogen functional groups attached to an aromatic ring is 1. The molecule has 62 valence electrons. The van der Waals surface area contributed by atoms with Gasteiger partial charge in [-0.15, -0.1) is 11.8 Å². The lowest BCUT2D eigenvalue weighted by atomic mass is 10.3. The number of hydrogen-bond acceptors (Lipinski definition) is 3. The fourth-order valence-electron chi connectivity index (χ4n) is 0.929. The first-order chi connectivity index (χ1) is 5.29. The number of nitrogens with two attached hydrogens (primary N) is 1. The number of rotatable bonds is 3. The van der Waals surface area contributed by atoms with Gasteiger partial charge in [-0.05, 0) is 12.2 Å². The first-order valence-electron chi connectivity index (χ1n) is 3.75. The second-order valence-electron chi connectivity index (χ2n) is 2.20. The van der Waals surface area contributed by atoms with E-state index in [2.05, 4.69) is 24.0 Å². The summed E-state index contributed by atoms with van der Waals surface area (Å²) in [6, 6.07) is 0. The van der Waals surface area contributed by atoms with Gasteiger partial charge < -0.3 is 5.73 Å². The third kappa shape index (κ3) is 1.68. The van der Waals surface area contributed by atoms with Gasteiger partial charge in [0.2, 0.25) is 0 Å². The minimum absolute atomic E-state index is 0.633. The molecule has 0 spiro atoms. The summed E-state index contributed by atoms with van der Waals surface area (Å²) in [5, 5.41) is 6.85. The Morgan fingerprint density at radius 3 is 2.82 bits per heavy atom. The van der Waals surface area contributed by atoms with E-state index in [-0.39, 0.29) is 0 Å². The molecule has 1 aromatic rings. The summed E-state index contributed by atoms with van der Waals surface area (Å²) in [6.45, 7) is 4.20. The molecule has 1 heterocycles. The van der Waals surface area contributed by atoms with Crippen LogP contribution in [0.1, 0.15) is 19.5 Å². The molecular formula is C7H13N3S. The molecule has 1 aromatic heterocycles. The van der Waals surface area contributed by atoms with E-state index in [4.69, 9.17) is 5.73 Å². The Balaban J connectivity index is 2.88. The minimum atomic E-state index is 0.633. The quantitative estimate of drug-likeness (QED) is 0.680. The molecule has 0 aliphatic rings. The maximum absolute atomic E-state index is 5.64. The highest BCUT2D eigenvalue weighted by Gasteiger charge is 2.07. The smallest absolute Gasteiger partial charge is 0.159 e. The van der Waals surface area contributed by atoms with Crippen LogP contribution in [0.5, 0.6) is 0 Å². The van der Waals surface area contributed by atoms with Crippen molar-refractivity contribution in [1.29, 1.82) is 0 Å². The van der Waals surface area contributed by atoms with Crippen molar-refractivity contribution in [3.63, 3.8) is 0 Å². The molecular weight excluding hydrogens is 158 g/mol. The zero-order valence-corrected chi connectivity index (χ0v) is 7.66. The van der Waals surface area contributed by atoms with Gasteiger partial charge in [-0.3, -0.25) is 5.10 Å². The van der Waals surface area contributed by atoms with Crippen LogP contribution >= 0.6 is 11.8 Å². The minimum Gasteiger partial charge on any atom is -0.381 e. The molecule has 0 bridgehead atoms. The molecule has 0 aliphatic heterocycles. The molecule has 0 amide bonds. The molecule has 0 saturated carbocycles. The highest BCUT2D eigenvalue weighted by Crippen LogP contribution is 2.26. The van der Waals surface area contributed by atoms with E-state index in [1.807, 2.05) is 0 Å². The Bertz CT molecular complexity index is 232. The van der Waals surface area contributed by atoms with E-state index < -0.39 is 0 Å². The first-order valence-corrected chi connectivity index (χ1v) is 4.73. The largest absolute Gasteiger partial charge is 0.381 e. The molecule has 3 N–H and O–H groups in total. The summed E-state index contributed by atoms with van der Waals surface area (Å²) >= 11 is 1.74. The number of H-pyrrole nitrogens is 1. The molecule has 0 aliphatic carbocycles. The summed E-state index contributed by atoms with van der Waals surface area (Å²) in [6.07, 6.45) is 0.965. The lowest BCUT2D eigenvalue weighted by Gasteiger charge is -1.97. The van der Waals surface area contributed by atoms with Crippen LogP contribution in [0, 0.1) is 0 Å². The molecule has 0 radical (unpaired) electrons. The normalized spacial score (nSPS) is 10.4. The van der Waals surface area contributed by atoms with Crippen LogP contribution in [0.4, 0.5) is 5.82 Å². The summed E-state index contributed by atoms with van der Waals surface area (Å²) in [4.78, 5) is 1.12. The van der Waals surface area contributed by atoms with Gasteiger partial charge in [0.05, 0.1) is 10.6 Å². The molecule has 4 heteroatoms. The molecule has 0 fully saturated rings. The van der Waals surface area contributed by atoms with Crippen molar-refractivity contribution in [1.82, 2.24) is 10.2 Å². The Morgan fingerprint density at radius 1 is 1.55 bits per heavy atom. The fraction of sp³-hybridized carbons (Fsp3) is 0.571. The Hall–Kier alpha value is -0.640. The van der Waals surface area contributed by atoms with E-state index >= 15 is 0 Å². The monoisotopic (exact) mass is 171 g/mol. The maximum Gasteiger partial charge on any atom is 0.159 e. The summed E-state index contributed by atoms with van der Waals surface area (Å²) in [7, 11) is 0. The van der Waals surface area contributed by atoms with Crippen molar-refractivity contribution in [2.24, 2.45) is 0 Å². The topological polar surface area (TPSA) is 54.7 Å². The first kappa shape index (κ1) is 8.46. The number of nitrogens with zero attached hydrogens (tertiary/aromatic N) is 1. The highest BCUT2D eigenvalue weighted by molar-refractivity contribution is 7.99. The van der Waals surface area contributed by atoms with Crippen LogP contribution < -0.4 is 5.73 Å². The average molecular weight is 171 g/mol. The second kappa shape index (κ2) is 3.67. The van der Waals surface area contributed by atoms with Crippen LogP contribution in [0.25, 0.3) is 0 Å². The van der Waals surface area contributed by atoms with Gasteiger partial charge in [0.15, 0.2) is 5.82 Å². The maximum atomic E-state index is 5.64. The Kier molecular flexibility index (Phi) is 2.82. The van der Waals surface area contributed by atoms with Gasteiger partial charge in [0.25, 0.3) is 0 Å². The van der Waals surface area contributed by atoms with Crippen molar-refractivity contribution in [2.45, 2.75) is 25.2 Å². The average Bonchev–Trinajstić information content (AvgIpc) is 2.34. The van der Waals surface area contributed by atoms with Crippen molar-refractivity contribution >= 4 is 17.6 Å². The van der Waals surface area contributed by atoms with E-state index in [9.17, 15) is 0 Å². The number of aromatic amines is 1. The molecule has 0 atom stereocenters. The lowest BCUT2D eigenvalue weighted by Crippen LogP contribution is -1.87. The number of aryl methyl sites for hydroxylation is 1. The molecule has 1 rings (SSSR count). The summed E-state index contributed by atoms with van der Waals surface area (Å²) in [5.41, 5.74) is 6.79. The zero-order valence-electron chi connectivity index (χ0n) is 6.85. The number of aromatic nitrogens is 2. The molecule has 11 heavy (non-hydrogen) atoms. The number of thioether (sulfide) groups is 1. The fourth-order valence-corrected chi connectivity index (χ4v) is 1.78. The van der Waals surface area contributed by atoms with Gasteiger partial charge in [-0.1, -0.05) is 13.8 Å². The van der Waals surface area contributed by atoms with Crippen LogP contribution in [0.15, 0.2) is 4.90 Å². The summed E-state index contributed by atoms with van der Waals surface area (Å²) < 4.78 is 0. The predicted octanol–water partition coefficient (Wildman–Crippen LogP) is 1.67. The standard InChI is InChI=1S/C7H13N3S/c1-3-5-6(11-4-2)7(8)10-9-5/h3-4H2,1-2H3,(H3,8,9,10). The predicted molar refractivity (Wildman–Crippen MR) is 48.8 cm³/mol. The van der Waals surface area contributed by atoms with Crippen molar-refractivity contribution in [2.75, 3.05) is 11.5 Å². The zero-order chi connectivity index (χ0) is 8.27. The van der Waals surface area contributed by atoms with E-state index in [1.54, 1.807) is 11.8 Å². The molecule has 3 nitrogen and oxygen atoms in total. The number of nitrogens with one attached hydrogen (secondary N) is 1. The van der Waals surface area contributed by atoms with Gasteiger partial charge in [0, 0.05) is 0 Å². The van der Waals surface area contributed by atoms with E-state index in [0.717, 1.165) is 22.8 Å². The van der Waals surface area contributed by atoms with Crippen molar-refractivity contribution in [3.05, 3.63) is 5.69 Å². The van der Waals surface area contributed by atoms with Gasteiger partial charge >= 0.3 is 0 Å². The van der Waals surface area contributed by atoms with Crippen LogP contribution in [0.3, 0.4) is 0 Å². The molecule has 0 aromatic carbocycles. The molecule has 0 saturated heterocycles. The highest BCUT2D eigenvalue weighted by atomic mass is 32.2. The third-order valence-corrected chi connectivity index (χ3v) is 2.49. The van der Waals surface area contributed by atoms with Crippen LogP contribution in [0.2, 0.25) is 0 Å². The van der Waals surface area contributed by atoms with Gasteiger partial charge in [0.1, 0.15) is 0 Å². The lowest BCUT2D eigenvalue weighted by molar-refractivity contribution is 0.962. The van der Waals surface area contributed by atoms with Crippen molar-refractivity contribution in [3.8, 4) is 0 Å². The van der Waals surface area contributed by atoms with E-state index in [1.165, 1.54) is 0 Å². The third-order valence-electron chi connectivity index (χ3n) is 1.46. The Labute approximate surface area is 70.8 Å². The van der Waals surface area contributed by atoms with Gasteiger partial charge in [-0.25, -0.2) is 0 Å². The number of hydrogen-bond donors (Lipinski definition) is 2. The Morgan fingerprint density at radius 2 is 2.27 bits per heavy atom.